The summed E-state index contributed by atoms with van der Waals surface area (Å²) < 4.78 is 10.4. The van der Waals surface area contributed by atoms with Crippen LogP contribution in [0.1, 0.15) is 6.92 Å². The average Bonchev–Trinajstić information content (AvgIpc) is 2.36. The van der Waals surface area contributed by atoms with Crippen molar-refractivity contribution >= 4 is 6.03 Å². The molecule has 2 amide bonds. The van der Waals surface area contributed by atoms with Crippen LogP contribution in [0.15, 0.2) is 30.3 Å². The topological polar surface area (TPSA) is 59.6 Å². The van der Waals surface area contributed by atoms with Crippen LogP contribution in [0.2, 0.25) is 0 Å². The Bertz CT molecular complexity index is 343. The van der Waals surface area contributed by atoms with Crippen LogP contribution in [0, 0.1) is 0 Å². The number of benzene rings is 1. The van der Waals surface area contributed by atoms with Crippen LogP contribution in [-0.2, 0) is 4.74 Å². The first-order valence-corrected chi connectivity index (χ1v) is 5.93. The van der Waals surface area contributed by atoms with Gasteiger partial charge in [0.1, 0.15) is 12.4 Å². The van der Waals surface area contributed by atoms with Gasteiger partial charge in [-0.1, -0.05) is 18.2 Å². The molecule has 0 aliphatic carbocycles. The highest BCUT2D eigenvalue weighted by molar-refractivity contribution is 5.74. The number of urea groups is 1. The van der Waals surface area contributed by atoms with E-state index in [1.54, 1.807) is 7.11 Å². The van der Waals surface area contributed by atoms with Crippen molar-refractivity contribution in [3.63, 3.8) is 0 Å². The molecule has 5 heteroatoms. The molecule has 0 bridgehead atoms. The van der Waals surface area contributed by atoms with Crippen LogP contribution in [-0.4, -0.2) is 38.9 Å². The van der Waals surface area contributed by atoms with E-state index in [0.29, 0.717) is 19.8 Å². The predicted octanol–water partition coefficient (Wildman–Crippen LogP) is 1.40. The summed E-state index contributed by atoms with van der Waals surface area (Å²) in [5.41, 5.74) is 0. The molecule has 1 atom stereocenters. The maximum Gasteiger partial charge on any atom is 0.315 e. The van der Waals surface area contributed by atoms with E-state index in [1.165, 1.54) is 0 Å². The summed E-state index contributed by atoms with van der Waals surface area (Å²) >= 11 is 0. The van der Waals surface area contributed by atoms with Gasteiger partial charge >= 0.3 is 6.03 Å². The largest absolute Gasteiger partial charge is 0.492 e. The molecule has 0 saturated carbocycles. The van der Waals surface area contributed by atoms with Gasteiger partial charge in [0.25, 0.3) is 0 Å². The van der Waals surface area contributed by atoms with E-state index in [9.17, 15) is 4.79 Å². The van der Waals surface area contributed by atoms with Gasteiger partial charge in [-0.2, -0.15) is 0 Å². The Balaban J connectivity index is 2.09. The third-order valence-electron chi connectivity index (χ3n) is 2.19. The van der Waals surface area contributed by atoms with Crippen LogP contribution in [0.5, 0.6) is 5.75 Å². The van der Waals surface area contributed by atoms with E-state index < -0.39 is 0 Å². The second kappa shape index (κ2) is 8.36. The lowest BCUT2D eigenvalue weighted by molar-refractivity contribution is 0.170. The first-order chi connectivity index (χ1) is 8.72. The van der Waals surface area contributed by atoms with Gasteiger partial charge < -0.3 is 20.1 Å². The van der Waals surface area contributed by atoms with Crippen LogP contribution in [0.25, 0.3) is 0 Å². The molecule has 1 aromatic rings. The zero-order valence-corrected chi connectivity index (χ0v) is 10.8. The molecule has 0 radical (unpaired) electrons. The molecule has 1 aromatic carbocycles. The van der Waals surface area contributed by atoms with Gasteiger partial charge in [-0.25, -0.2) is 4.79 Å². The summed E-state index contributed by atoms with van der Waals surface area (Å²) in [6.45, 7) is 3.27. The van der Waals surface area contributed by atoms with E-state index in [0.717, 1.165) is 5.75 Å². The molecule has 0 fully saturated rings. The van der Waals surface area contributed by atoms with E-state index >= 15 is 0 Å². The van der Waals surface area contributed by atoms with E-state index in [1.807, 2.05) is 37.3 Å². The average molecular weight is 252 g/mol. The van der Waals surface area contributed by atoms with Gasteiger partial charge in [0.05, 0.1) is 19.2 Å². The molecule has 5 nitrogen and oxygen atoms in total. The highest BCUT2D eigenvalue weighted by atomic mass is 16.5. The quantitative estimate of drug-likeness (QED) is 0.721. The minimum absolute atomic E-state index is 0.00922. The molecule has 0 spiro atoms. The lowest BCUT2D eigenvalue weighted by Gasteiger charge is -2.13. The minimum atomic E-state index is -0.212. The van der Waals surface area contributed by atoms with Gasteiger partial charge in [-0.15, -0.1) is 0 Å². The molecule has 2 N–H and O–H groups in total. The standard InChI is InChI=1S/C13H20N2O3/c1-11(10-17-2)15-13(16)14-8-9-18-12-6-4-3-5-7-12/h3-7,11H,8-10H2,1-2H3,(H2,14,15,16). The smallest absolute Gasteiger partial charge is 0.315 e. The number of carbonyl (C=O) groups is 1. The molecule has 1 unspecified atom stereocenters. The third-order valence-corrected chi connectivity index (χ3v) is 2.19. The fraction of sp³-hybridized carbons (Fsp3) is 0.462. The summed E-state index contributed by atoms with van der Waals surface area (Å²) in [7, 11) is 1.60. The van der Waals surface area contributed by atoms with Gasteiger partial charge in [0, 0.05) is 7.11 Å². The van der Waals surface area contributed by atoms with Gasteiger partial charge in [-0.3, -0.25) is 0 Å². The maximum absolute atomic E-state index is 11.4. The number of nitrogens with one attached hydrogen (secondary N) is 2. The highest BCUT2D eigenvalue weighted by Crippen LogP contribution is 2.07. The monoisotopic (exact) mass is 252 g/mol. The number of carbonyl (C=O) groups excluding carboxylic acids is 1. The Morgan fingerprint density at radius 2 is 2.06 bits per heavy atom. The van der Waals surface area contributed by atoms with Gasteiger partial charge in [-0.05, 0) is 19.1 Å². The predicted molar refractivity (Wildman–Crippen MR) is 69.8 cm³/mol. The van der Waals surface area contributed by atoms with E-state index in [-0.39, 0.29) is 12.1 Å². The SMILES string of the molecule is COCC(C)NC(=O)NCCOc1ccccc1. The first-order valence-electron chi connectivity index (χ1n) is 5.93. The number of para-hydroxylation sites is 1. The Labute approximate surface area is 107 Å². The first kappa shape index (κ1) is 14.3. The molecular weight excluding hydrogens is 232 g/mol. The summed E-state index contributed by atoms with van der Waals surface area (Å²) in [6, 6.07) is 9.27. The van der Waals surface area contributed by atoms with Gasteiger partial charge in [0.15, 0.2) is 0 Å². The fourth-order valence-electron chi connectivity index (χ4n) is 1.42. The van der Waals surface area contributed by atoms with Crippen molar-refractivity contribution in [3.8, 4) is 5.75 Å². The Kier molecular flexibility index (Phi) is 6.64. The number of amides is 2. The molecule has 1 rings (SSSR count). The lowest BCUT2D eigenvalue weighted by Crippen LogP contribution is -2.43. The lowest BCUT2D eigenvalue weighted by atomic mass is 10.3. The molecule has 0 aromatic heterocycles. The summed E-state index contributed by atoms with van der Waals surface area (Å²) in [5.74, 6) is 0.799. The van der Waals surface area contributed by atoms with Crippen molar-refractivity contribution in [1.29, 1.82) is 0 Å². The van der Waals surface area contributed by atoms with Crippen molar-refractivity contribution in [2.24, 2.45) is 0 Å². The summed E-state index contributed by atoms with van der Waals surface area (Å²) in [5, 5.41) is 5.46. The third kappa shape index (κ3) is 6.10. The maximum atomic E-state index is 11.4. The summed E-state index contributed by atoms with van der Waals surface area (Å²) in [6.07, 6.45) is 0. The second-order valence-electron chi connectivity index (χ2n) is 3.92. The number of hydrogen-bond donors (Lipinski definition) is 2. The molecule has 0 saturated heterocycles. The zero-order chi connectivity index (χ0) is 13.2. The van der Waals surface area contributed by atoms with Crippen molar-refractivity contribution in [2.75, 3.05) is 26.9 Å². The minimum Gasteiger partial charge on any atom is -0.492 e. The Morgan fingerprint density at radius 3 is 2.72 bits per heavy atom. The van der Waals surface area contributed by atoms with Gasteiger partial charge in [0.2, 0.25) is 0 Å². The molecular formula is C13H20N2O3. The number of rotatable bonds is 7. The second-order valence-corrected chi connectivity index (χ2v) is 3.92. The number of hydrogen-bond acceptors (Lipinski definition) is 3. The Morgan fingerprint density at radius 1 is 1.33 bits per heavy atom. The Hall–Kier alpha value is -1.75. The van der Waals surface area contributed by atoms with Crippen LogP contribution >= 0.6 is 0 Å². The molecule has 0 aliphatic heterocycles. The van der Waals surface area contributed by atoms with Crippen LogP contribution < -0.4 is 15.4 Å². The molecule has 100 valence electrons. The van der Waals surface area contributed by atoms with Crippen molar-refractivity contribution in [3.05, 3.63) is 30.3 Å². The summed E-state index contributed by atoms with van der Waals surface area (Å²) in [4.78, 5) is 11.4. The van der Waals surface area contributed by atoms with E-state index in [2.05, 4.69) is 10.6 Å². The zero-order valence-electron chi connectivity index (χ0n) is 10.8. The highest BCUT2D eigenvalue weighted by Gasteiger charge is 2.05. The number of ether oxygens (including phenoxy) is 2. The molecule has 0 heterocycles. The van der Waals surface area contributed by atoms with Crippen molar-refractivity contribution < 1.29 is 14.3 Å². The van der Waals surface area contributed by atoms with Crippen LogP contribution in [0.3, 0.4) is 0 Å². The van der Waals surface area contributed by atoms with E-state index in [4.69, 9.17) is 9.47 Å². The van der Waals surface area contributed by atoms with Crippen molar-refractivity contribution in [2.45, 2.75) is 13.0 Å². The van der Waals surface area contributed by atoms with Crippen molar-refractivity contribution in [1.82, 2.24) is 10.6 Å². The normalized spacial score (nSPS) is 11.7. The van der Waals surface area contributed by atoms with Crippen LogP contribution in [0.4, 0.5) is 4.79 Å². The molecule has 0 aliphatic rings. The molecule has 18 heavy (non-hydrogen) atoms. The fourth-order valence-corrected chi connectivity index (χ4v) is 1.42. The number of methoxy groups -OCH3 is 1.